The van der Waals surface area contributed by atoms with Crippen molar-refractivity contribution in [1.29, 1.82) is 0 Å². The normalized spacial score (nSPS) is 21.4. The standard InChI is InChI=1S/C10H21NO3/c1-9(2)14-8-10(12)7-11-3-5-13-6-4-11/h9-10,12H,3-8H2,1-2H3/t10-/m0/s1. The highest BCUT2D eigenvalue weighted by molar-refractivity contribution is 4.67. The van der Waals surface area contributed by atoms with Gasteiger partial charge in [-0.1, -0.05) is 0 Å². The fraction of sp³-hybridized carbons (Fsp3) is 1.00. The van der Waals surface area contributed by atoms with Gasteiger partial charge in [0.1, 0.15) is 0 Å². The summed E-state index contributed by atoms with van der Waals surface area (Å²) in [6.07, 6.45) is -0.190. The van der Waals surface area contributed by atoms with Gasteiger partial charge in [-0.2, -0.15) is 0 Å². The van der Waals surface area contributed by atoms with Crippen molar-refractivity contribution in [2.75, 3.05) is 39.5 Å². The number of ether oxygens (including phenoxy) is 2. The first-order valence-electron chi connectivity index (χ1n) is 5.28. The molecule has 0 saturated carbocycles. The van der Waals surface area contributed by atoms with E-state index < -0.39 is 0 Å². The molecular weight excluding hydrogens is 182 g/mol. The van der Waals surface area contributed by atoms with Crippen LogP contribution >= 0.6 is 0 Å². The first-order chi connectivity index (χ1) is 6.68. The number of morpholine rings is 1. The molecule has 4 nitrogen and oxygen atoms in total. The molecule has 1 fully saturated rings. The van der Waals surface area contributed by atoms with E-state index in [-0.39, 0.29) is 12.2 Å². The minimum Gasteiger partial charge on any atom is -0.389 e. The molecule has 0 aromatic carbocycles. The maximum atomic E-state index is 9.64. The highest BCUT2D eigenvalue weighted by Gasteiger charge is 2.14. The molecule has 1 rings (SSSR count). The molecule has 1 aliphatic rings. The van der Waals surface area contributed by atoms with Crippen LogP contribution in [0.3, 0.4) is 0 Å². The number of nitrogens with zero attached hydrogens (tertiary/aromatic N) is 1. The van der Waals surface area contributed by atoms with Gasteiger partial charge in [0.2, 0.25) is 0 Å². The van der Waals surface area contributed by atoms with Crippen molar-refractivity contribution >= 4 is 0 Å². The molecule has 0 amide bonds. The molecule has 4 heteroatoms. The van der Waals surface area contributed by atoms with E-state index in [0.717, 1.165) is 26.3 Å². The zero-order chi connectivity index (χ0) is 10.4. The summed E-state index contributed by atoms with van der Waals surface area (Å²) in [5.74, 6) is 0. The van der Waals surface area contributed by atoms with Crippen LogP contribution in [0.15, 0.2) is 0 Å². The van der Waals surface area contributed by atoms with Crippen molar-refractivity contribution in [3.05, 3.63) is 0 Å². The van der Waals surface area contributed by atoms with Crippen molar-refractivity contribution in [2.24, 2.45) is 0 Å². The maximum Gasteiger partial charge on any atom is 0.0900 e. The van der Waals surface area contributed by atoms with Crippen molar-refractivity contribution in [2.45, 2.75) is 26.1 Å². The summed E-state index contributed by atoms with van der Waals surface area (Å²) < 4.78 is 10.6. The molecule has 0 aliphatic carbocycles. The molecule has 0 spiro atoms. The van der Waals surface area contributed by atoms with Gasteiger partial charge in [0.05, 0.1) is 32.0 Å². The number of hydrogen-bond acceptors (Lipinski definition) is 4. The third-order valence-electron chi connectivity index (χ3n) is 2.19. The van der Waals surface area contributed by atoms with Gasteiger partial charge >= 0.3 is 0 Å². The minimum atomic E-state index is -0.379. The molecular formula is C10H21NO3. The van der Waals surface area contributed by atoms with Crippen LogP contribution in [0, 0.1) is 0 Å². The summed E-state index contributed by atoms with van der Waals surface area (Å²) in [7, 11) is 0. The lowest BCUT2D eigenvalue weighted by Gasteiger charge is -2.28. The largest absolute Gasteiger partial charge is 0.389 e. The smallest absolute Gasteiger partial charge is 0.0900 e. The van der Waals surface area contributed by atoms with E-state index in [2.05, 4.69) is 4.90 Å². The van der Waals surface area contributed by atoms with Crippen LogP contribution in [0.25, 0.3) is 0 Å². The second kappa shape index (κ2) is 6.35. The van der Waals surface area contributed by atoms with Crippen molar-refractivity contribution in [3.63, 3.8) is 0 Å². The second-order valence-corrected chi connectivity index (χ2v) is 3.95. The van der Waals surface area contributed by atoms with Gasteiger partial charge in [-0.3, -0.25) is 4.90 Å². The van der Waals surface area contributed by atoms with Crippen LogP contribution in [-0.4, -0.2) is 61.7 Å². The first kappa shape index (κ1) is 11.9. The van der Waals surface area contributed by atoms with Crippen molar-refractivity contribution in [3.8, 4) is 0 Å². The van der Waals surface area contributed by atoms with Gasteiger partial charge in [-0.15, -0.1) is 0 Å². The number of aliphatic hydroxyl groups is 1. The lowest BCUT2D eigenvalue weighted by Crippen LogP contribution is -2.42. The summed E-state index contributed by atoms with van der Waals surface area (Å²) in [5, 5.41) is 9.64. The predicted molar refractivity (Wildman–Crippen MR) is 54.4 cm³/mol. The van der Waals surface area contributed by atoms with Crippen molar-refractivity contribution in [1.82, 2.24) is 4.90 Å². The van der Waals surface area contributed by atoms with E-state index in [4.69, 9.17) is 9.47 Å². The summed E-state index contributed by atoms with van der Waals surface area (Å²) in [5.41, 5.74) is 0. The monoisotopic (exact) mass is 203 g/mol. The topological polar surface area (TPSA) is 41.9 Å². The van der Waals surface area contributed by atoms with E-state index in [1.165, 1.54) is 0 Å². The molecule has 1 N–H and O–H groups in total. The quantitative estimate of drug-likeness (QED) is 0.688. The number of β-amino-alcohol motifs (C(OH)–C–C–N with tert-alkyl or cyclic N) is 1. The van der Waals surface area contributed by atoms with E-state index in [0.29, 0.717) is 13.2 Å². The van der Waals surface area contributed by atoms with E-state index in [1.54, 1.807) is 0 Å². The zero-order valence-electron chi connectivity index (χ0n) is 9.11. The Balaban J connectivity index is 2.09. The summed E-state index contributed by atoms with van der Waals surface area (Å²) in [6, 6.07) is 0. The fourth-order valence-electron chi connectivity index (χ4n) is 1.44. The average molecular weight is 203 g/mol. The summed E-state index contributed by atoms with van der Waals surface area (Å²) in [6.45, 7) is 8.45. The van der Waals surface area contributed by atoms with Crippen LogP contribution in [0.5, 0.6) is 0 Å². The highest BCUT2D eigenvalue weighted by Crippen LogP contribution is 2.00. The van der Waals surface area contributed by atoms with Gasteiger partial charge in [-0.25, -0.2) is 0 Å². The molecule has 0 bridgehead atoms. The van der Waals surface area contributed by atoms with Crippen LogP contribution in [-0.2, 0) is 9.47 Å². The predicted octanol–water partition coefficient (Wildman–Crippen LogP) is 0.104. The van der Waals surface area contributed by atoms with Crippen molar-refractivity contribution < 1.29 is 14.6 Å². The Morgan fingerprint density at radius 1 is 1.36 bits per heavy atom. The Kier molecular flexibility index (Phi) is 5.40. The Bertz CT molecular complexity index is 146. The summed E-state index contributed by atoms with van der Waals surface area (Å²) in [4.78, 5) is 2.21. The third-order valence-corrected chi connectivity index (χ3v) is 2.19. The van der Waals surface area contributed by atoms with Gasteiger partial charge in [0.25, 0.3) is 0 Å². The van der Waals surface area contributed by atoms with E-state index in [9.17, 15) is 5.11 Å². The third kappa shape index (κ3) is 4.91. The molecule has 1 atom stereocenters. The van der Waals surface area contributed by atoms with Gasteiger partial charge in [-0.05, 0) is 13.8 Å². The molecule has 1 saturated heterocycles. The Hall–Kier alpha value is -0.160. The van der Waals surface area contributed by atoms with Gasteiger partial charge in [0, 0.05) is 19.6 Å². The molecule has 1 aliphatic heterocycles. The van der Waals surface area contributed by atoms with Crippen LogP contribution < -0.4 is 0 Å². The average Bonchev–Trinajstić information content (AvgIpc) is 2.16. The molecule has 0 aromatic rings. The molecule has 0 radical (unpaired) electrons. The first-order valence-corrected chi connectivity index (χ1v) is 5.28. The number of aliphatic hydroxyl groups excluding tert-OH is 1. The SMILES string of the molecule is CC(C)OC[C@@H](O)CN1CCOCC1. The van der Waals surface area contributed by atoms with E-state index >= 15 is 0 Å². The fourth-order valence-corrected chi connectivity index (χ4v) is 1.44. The lowest BCUT2D eigenvalue weighted by atomic mass is 10.3. The Morgan fingerprint density at radius 3 is 2.57 bits per heavy atom. The van der Waals surface area contributed by atoms with Crippen LogP contribution in [0.4, 0.5) is 0 Å². The molecule has 0 unspecified atom stereocenters. The number of hydrogen-bond donors (Lipinski definition) is 1. The maximum absolute atomic E-state index is 9.64. The highest BCUT2D eigenvalue weighted by atomic mass is 16.5. The molecule has 84 valence electrons. The second-order valence-electron chi connectivity index (χ2n) is 3.95. The zero-order valence-corrected chi connectivity index (χ0v) is 9.11. The molecule has 1 heterocycles. The van der Waals surface area contributed by atoms with Gasteiger partial charge in [0.15, 0.2) is 0 Å². The van der Waals surface area contributed by atoms with Crippen LogP contribution in [0.2, 0.25) is 0 Å². The van der Waals surface area contributed by atoms with E-state index in [1.807, 2.05) is 13.8 Å². The van der Waals surface area contributed by atoms with Gasteiger partial charge < -0.3 is 14.6 Å². The number of rotatable bonds is 5. The Labute approximate surface area is 85.8 Å². The Morgan fingerprint density at radius 2 is 2.00 bits per heavy atom. The minimum absolute atomic E-state index is 0.189. The lowest BCUT2D eigenvalue weighted by molar-refractivity contribution is -0.0278. The van der Waals surface area contributed by atoms with Crippen LogP contribution in [0.1, 0.15) is 13.8 Å². The summed E-state index contributed by atoms with van der Waals surface area (Å²) >= 11 is 0. The molecule has 0 aromatic heterocycles. The molecule has 14 heavy (non-hydrogen) atoms.